The molecule has 0 aromatic heterocycles. The maximum absolute atomic E-state index is 12.1. The van der Waals surface area contributed by atoms with Gasteiger partial charge < -0.3 is 10.0 Å². The molecule has 104 valence electrons. The van der Waals surface area contributed by atoms with E-state index in [2.05, 4.69) is 0 Å². The lowest BCUT2D eigenvalue weighted by Crippen LogP contribution is -2.36. The molecule has 0 aliphatic carbocycles. The molecule has 19 heavy (non-hydrogen) atoms. The number of aliphatic hydroxyl groups excluding tert-OH is 1. The predicted octanol–water partition coefficient (Wildman–Crippen LogP) is 2.63. The van der Waals surface area contributed by atoms with Crippen LogP contribution in [0.5, 0.6) is 0 Å². The van der Waals surface area contributed by atoms with Crippen LogP contribution in [-0.4, -0.2) is 35.1 Å². The van der Waals surface area contributed by atoms with E-state index in [0.717, 1.165) is 5.56 Å². The molecule has 1 N–H and O–H groups in total. The number of rotatable bonds is 6. The van der Waals surface area contributed by atoms with Crippen molar-refractivity contribution in [1.29, 1.82) is 0 Å². The van der Waals surface area contributed by atoms with E-state index in [1.807, 2.05) is 51.1 Å². The molecule has 0 bridgehead atoms. The number of hydrogen-bond acceptors (Lipinski definition) is 2. The summed E-state index contributed by atoms with van der Waals surface area (Å²) in [5.41, 5.74) is 2.20. The Balaban J connectivity index is 2.70. The summed E-state index contributed by atoms with van der Waals surface area (Å²) in [6, 6.07) is 8.16. The SMILES string of the molecule is Cc1cccc(/C=C/C(=O)N(CCCO)C(C)C)c1. The predicted molar refractivity (Wildman–Crippen MR) is 78.8 cm³/mol. The quantitative estimate of drug-likeness (QED) is 0.800. The number of benzene rings is 1. The van der Waals surface area contributed by atoms with Gasteiger partial charge >= 0.3 is 0 Å². The van der Waals surface area contributed by atoms with Crippen molar-refractivity contribution in [3.05, 3.63) is 41.5 Å². The molecular formula is C16H23NO2. The first-order valence-electron chi connectivity index (χ1n) is 6.71. The van der Waals surface area contributed by atoms with Gasteiger partial charge in [-0.1, -0.05) is 29.8 Å². The molecule has 0 radical (unpaired) electrons. The lowest BCUT2D eigenvalue weighted by Gasteiger charge is -2.25. The fourth-order valence-corrected chi connectivity index (χ4v) is 1.90. The number of aliphatic hydroxyl groups is 1. The summed E-state index contributed by atoms with van der Waals surface area (Å²) in [5.74, 6) is -0.00930. The molecule has 1 aromatic carbocycles. The van der Waals surface area contributed by atoms with Crippen LogP contribution in [0.1, 0.15) is 31.4 Å². The number of amides is 1. The molecule has 0 spiro atoms. The summed E-state index contributed by atoms with van der Waals surface area (Å²) >= 11 is 0. The van der Waals surface area contributed by atoms with E-state index in [1.54, 1.807) is 11.0 Å². The molecular weight excluding hydrogens is 238 g/mol. The van der Waals surface area contributed by atoms with Crippen LogP contribution >= 0.6 is 0 Å². The average Bonchev–Trinajstić information content (AvgIpc) is 2.36. The van der Waals surface area contributed by atoms with Gasteiger partial charge in [0.05, 0.1) is 0 Å². The fourth-order valence-electron chi connectivity index (χ4n) is 1.90. The van der Waals surface area contributed by atoms with Gasteiger partial charge in [-0.3, -0.25) is 4.79 Å². The zero-order valence-corrected chi connectivity index (χ0v) is 12.0. The summed E-state index contributed by atoms with van der Waals surface area (Å²) < 4.78 is 0. The molecule has 0 saturated carbocycles. The topological polar surface area (TPSA) is 40.5 Å². The summed E-state index contributed by atoms with van der Waals surface area (Å²) in [7, 11) is 0. The molecule has 1 aromatic rings. The van der Waals surface area contributed by atoms with Crippen LogP contribution in [0.15, 0.2) is 30.3 Å². The molecule has 0 aliphatic rings. The number of nitrogens with zero attached hydrogens (tertiary/aromatic N) is 1. The van der Waals surface area contributed by atoms with Gasteiger partial charge in [-0.25, -0.2) is 0 Å². The van der Waals surface area contributed by atoms with Gasteiger partial charge in [0, 0.05) is 25.3 Å². The van der Waals surface area contributed by atoms with Gasteiger partial charge in [0.1, 0.15) is 0 Å². The van der Waals surface area contributed by atoms with Crippen molar-refractivity contribution < 1.29 is 9.90 Å². The van der Waals surface area contributed by atoms with Gasteiger partial charge in [-0.2, -0.15) is 0 Å². The minimum Gasteiger partial charge on any atom is -0.396 e. The number of carbonyl (C=O) groups is 1. The van der Waals surface area contributed by atoms with Crippen molar-refractivity contribution in [2.45, 2.75) is 33.2 Å². The summed E-state index contributed by atoms with van der Waals surface area (Å²) in [5, 5.41) is 8.86. The average molecular weight is 261 g/mol. The molecule has 0 saturated heterocycles. The maximum atomic E-state index is 12.1. The molecule has 3 heteroatoms. The zero-order valence-electron chi connectivity index (χ0n) is 12.0. The number of hydrogen-bond donors (Lipinski definition) is 1. The fraction of sp³-hybridized carbons (Fsp3) is 0.438. The third-order valence-corrected chi connectivity index (χ3v) is 2.92. The van der Waals surface area contributed by atoms with E-state index in [9.17, 15) is 4.79 Å². The van der Waals surface area contributed by atoms with Crippen LogP contribution < -0.4 is 0 Å². The number of carbonyl (C=O) groups excluding carboxylic acids is 1. The lowest BCUT2D eigenvalue weighted by atomic mass is 10.1. The van der Waals surface area contributed by atoms with Gasteiger partial charge in [0.15, 0.2) is 0 Å². The first kappa shape index (κ1) is 15.4. The van der Waals surface area contributed by atoms with E-state index in [1.165, 1.54) is 5.56 Å². The Kier molecular flexibility index (Phi) is 6.30. The molecule has 3 nitrogen and oxygen atoms in total. The molecule has 0 heterocycles. The Morgan fingerprint density at radius 2 is 2.16 bits per heavy atom. The third-order valence-electron chi connectivity index (χ3n) is 2.92. The van der Waals surface area contributed by atoms with E-state index < -0.39 is 0 Å². The Bertz CT molecular complexity index is 438. The normalized spacial score (nSPS) is 11.2. The van der Waals surface area contributed by atoms with Crippen molar-refractivity contribution in [3.8, 4) is 0 Å². The Labute approximate surface area is 115 Å². The van der Waals surface area contributed by atoms with Gasteiger partial charge in [0.2, 0.25) is 5.91 Å². The highest BCUT2D eigenvalue weighted by atomic mass is 16.3. The highest BCUT2D eigenvalue weighted by Gasteiger charge is 2.13. The first-order chi connectivity index (χ1) is 9.04. The lowest BCUT2D eigenvalue weighted by molar-refractivity contribution is -0.127. The molecule has 1 rings (SSSR count). The van der Waals surface area contributed by atoms with E-state index in [-0.39, 0.29) is 18.6 Å². The second-order valence-electron chi connectivity index (χ2n) is 4.95. The zero-order chi connectivity index (χ0) is 14.3. The van der Waals surface area contributed by atoms with Gasteiger partial charge in [-0.05, 0) is 38.8 Å². The van der Waals surface area contributed by atoms with Crippen LogP contribution in [0.2, 0.25) is 0 Å². The molecule has 0 fully saturated rings. The molecule has 1 amide bonds. The summed E-state index contributed by atoms with van der Waals surface area (Å²) in [6.07, 6.45) is 4.05. The van der Waals surface area contributed by atoms with Crippen LogP contribution in [-0.2, 0) is 4.79 Å². The number of aryl methyl sites for hydroxylation is 1. The highest BCUT2D eigenvalue weighted by Crippen LogP contribution is 2.07. The first-order valence-corrected chi connectivity index (χ1v) is 6.71. The molecule has 0 unspecified atom stereocenters. The van der Waals surface area contributed by atoms with Crippen molar-refractivity contribution >= 4 is 12.0 Å². The largest absolute Gasteiger partial charge is 0.396 e. The van der Waals surface area contributed by atoms with E-state index in [4.69, 9.17) is 5.11 Å². The van der Waals surface area contributed by atoms with Crippen LogP contribution in [0, 0.1) is 6.92 Å². The third kappa shape index (κ3) is 5.26. The second kappa shape index (κ2) is 7.74. The smallest absolute Gasteiger partial charge is 0.246 e. The monoisotopic (exact) mass is 261 g/mol. The van der Waals surface area contributed by atoms with Crippen LogP contribution in [0.4, 0.5) is 0 Å². The Morgan fingerprint density at radius 3 is 2.74 bits per heavy atom. The van der Waals surface area contributed by atoms with Crippen molar-refractivity contribution in [2.75, 3.05) is 13.2 Å². The Hall–Kier alpha value is -1.61. The van der Waals surface area contributed by atoms with Crippen molar-refractivity contribution in [2.24, 2.45) is 0 Å². The minimum atomic E-state index is -0.00930. The standard InChI is InChI=1S/C16H23NO2/c1-13(2)17(10-5-11-18)16(19)9-8-15-7-4-6-14(3)12-15/h4,6-9,12-13,18H,5,10-11H2,1-3H3/b9-8+. The second-order valence-corrected chi connectivity index (χ2v) is 4.95. The van der Waals surface area contributed by atoms with Crippen molar-refractivity contribution in [1.82, 2.24) is 4.90 Å². The summed E-state index contributed by atoms with van der Waals surface area (Å²) in [6.45, 7) is 6.69. The van der Waals surface area contributed by atoms with Crippen LogP contribution in [0.25, 0.3) is 6.08 Å². The molecule has 0 aliphatic heterocycles. The summed E-state index contributed by atoms with van der Waals surface area (Å²) in [4.78, 5) is 13.9. The highest BCUT2D eigenvalue weighted by molar-refractivity contribution is 5.92. The minimum absolute atomic E-state index is 0.00930. The molecule has 0 atom stereocenters. The van der Waals surface area contributed by atoms with E-state index in [0.29, 0.717) is 13.0 Å². The van der Waals surface area contributed by atoms with Gasteiger partial charge in [-0.15, -0.1) is 0 Å². The van der Waals surface area contributed by atoms with Gasteiger partial charge in [0.25, 0.3) is 0 Å². The van der Waals surface area contributed by atoms with Crippen LogP contribution in [0.3, 0.4) is 0 Å². The van der Waals surface area contributed by atoms with E-state index >= 15 is 0 Å². The van der Waals surface area contributed by atoms with Crippen molar-refractivity contribution in [3.63, 3.8) is 0 Å². The Morgan fingerprint density at radius 1 is 1.42 bits per heavy atom. The maximum Gasteiger partial charge on any atom is 0.246 e.